The summed E-state index contributed by atoms with van der Waals surface area (Å²) in [6.07, 6.45) is 1.66. The summed E-state index contributed by atoms with van der Waals surface area (Å²) in [7, 11) is -0.490. The number of pyridine rings is 1. The molecule has 1 aromatic heterocycles. The molecule has 138 valence electrons. The SMILES string of the molecule is Cc1cc(NC(=O)NCC(C)(C)O)ncc1B1OC(C)(C)C(C)(C)O1. The molecule has 1 aliphatic rings. The molecule has 0 aliphatic carbocycles. The van der Waals surface area contributed by atoms with Gasteiger partial charge in [-0.15, -0.1) is 0 Å². The van der Waals surface area contributed by atoms with Gasteiger partial charge in [0.05, 0.1) is 16.8 Å². The number of carbonyl (C=O) groups is 1. The van der Waals surface area contributed by atoms with Crippen LogP contribution in [-0.2, 0) is 9.31 Å². The number of aliphatic hydroxyl groups is 1. The summed E-state index contributed by atoms with van der Waals surface area (Å²) in [5, 5.41) is 14.9. The van der Waals surface area contributed by atoms with Crippen LogP contribution in [0.5, 0.6) is 0 Å². The smallest absolute Gasteiger partial charge is 0.399 e. The number of nitrogens with zero attached hydrogens (tertiary/aromatic N) is 1. The lowest BCUT2D eigenvalue weighted by atomic mass is 9.77. The van der Waals surface area contributed by atoms with Crippen LogP contribution in [0.25, 0.3) is 0 Å². The Kier molecular flexibility index (Phi) is 5.19. The molecular weight excluding hydrogens is 321 g/mol. The highest BCUT2D eigenvalue weighted by Gasteiger charge is 2.52. The molecule has 3 N–H and O–H groups in total. The van der Waals surface area contributed by atoms with E-state index in [0.29, 0.717) is 5.82 Å². The van der Waals surface area contributed by atoms with Crippen molar-refractivity contribution in [3.8, 4) is 0 Å². The highest BCUT2D eigenvalue weighted by Crippen LogP contribution is 2.36. The topological polar surface area (TPSA) is 92.7 Å². The molecule has 1 fully saturated rings. The van der Waals surface area contributed by atoms with Crippen LogP contribution in [0.2, 0.25) is 0 Å². The second-order valence-electron chi connectivity index (χ2n) is 8.13. The third-order valence-corrected chi connectivity index (χ3v) is 4.58. The highest BCUT2D eigenvalue weighted by molar-refractivity contribution is 6.62. The third-order valence-electron chi connectivity index (χ3n) is 4.58. The van der Waals surface area contributed by atoms with Crippen molar-refractivity contribution in [2.45, 2.75) is 65.3 Å². The fourth-order valence-electron chi connectivity index (χ4n) is 2.31. The zero-order valence-electron chi connectivity index (χ0n) is 16.1. The minimum Gasteiger partial charge on any atom is -0.399 e. The molecule has 0 aromatic carbocycles. The Bertz CT molecular complexity index is 640. The van der Waals surface area contributed by atoms with Gasteiger partial charge in [-0.25, -0.2) is 9.78 Å². The molecule has 1 saturated heterocycles. The van der Waals surface area contributed by atoms with Crippen molar-refractivity contribution >= 4 is 24.4 Å². The van der Waals surface area contributed by atoms with Gasteiger partial charge in [-0.3, -0.25) is 5.32 Å². The molecule has 8 heteroatoms. The van der Waals surface area contributed by atoms with E-state index < -0.39 is 30.0 Å². The van der Waals surface area contributed by atoms with E-state index in [4.69, 9.17) is 9.31 Å². The van der Waals surface area contributed by atoms with Crippen LogP contribution in [0.4, 0.5) is 10.6 Å². The van der Waals surface area contributed by atoms with Gasteiger partial charge in [0, 0.05) is 18.2 Å². The lowest BCUT2D eigenvalue weighted by Crippen LogP contribution is -2.41. The first-order valence-electron chi connectivity index (χ1n) is 8.40. The Morgan fingerprint density at radius 2 is 1.84 bits per heavy atom. The Morgan fingerprint density at radius 1 is 1.28 bits per heavy atom. The van der Waals surface area contributed by atoms with Gasteiger partial charge in [-0.05, 0) is 60.1 Å². The average molecular weight is 349 g/mol. The van der Waals surface area contributed by atoms with Crippen LogP contribution in [0.1, 0.15) is 47.1 Å². The molecule has 7 nitrogen and oxygen atoms in total. The van der Waals surface area contributed by atoms with Crippen molar-refractivity contribution < 1.29 is 19.2 Å². The average Bonchev–Trinajstić information content (AvgIpc) is 2.64. The first-order chi connectivity index (χ1) is 11.3. The van der Waals surface area contributed by atoms with Crippen LogP contribution in [0.15, 0.2) is 12.3 Å². The predicted octanol–water partition coefficient (Wildman–Crippen LogP) is 1.58. The van der Waals surface area contributed by atoms with Crippen LogP contribution >= 0.6 is 0 Å². The fourth-order valence-corrected chi connectivity index (χ4v) is 2.31. The number of aromatic nitrogens is 1. The van der Waals surface area contributed by atoms with Crippen LogP contribution < -0.4 is 16.1 Å². The van der Waals surface area contributed by atoms with E-state index in [1.54, 1.807) is 26.1 Å². The van der Waals surface area contributed by atoms with Gasteiger partial charge in [-0.2, -0.15) is 0 Å². The van der Waals surface area contributed by atoms with Gasteiger partial charge in [0.25, 0.3) is 0 Å². The summed E-state index contributed by atoms with van der Waals surface area (Å²) in [6.45, 7) is 13.3. The summed E-state index contributed by atoms with van der Waals surface area (Å²) in [4.78, 5) is 16.1. The Labute approximate surface area is 149 Å². The van der Waals surface area contributed by atoms with Crippen molar-refractivity contribution in [2.24, 2.45) is 0 Å². The molecule has 1 aliphatic heterocycles. The summed E-state index contributed by atoms with van der Waals surface area (Å²) >= 11 is 0. The van der Waals surface area contributed by atoms with Gasteiger partial charge in [0.1, 0.15) is 5.82 Å². The zero-order valence-corrected chi connectivity index (χ0v) is 16.1. The van der Waals surface area contributed by atoms with E-state index >= 15 is 0 Å². The second-order valence-corrected chi connectivity index (χ2v) is 8.13. The Balaban J connectivity index is 2.05. The highest BCUT2D eigenvalue weighted by atomic mass is 16.7. The van der Waals surface area contributed by atoms with Crippen molar-refractivity contribution in [1.29, 1.82) is 0 Å². The van der Waals surface area contributed by atoms with E-state index in [-0.39, 0.29) is 6.54 Å². The van der Waals surface area contributed by atoms with Gasteiger partial charge in [0.2, 0.25) is 0 Å². The van der Waals surface area contributed by atoms with E-state index in [9.17, 15) is 9.90 Å². The van der Waals surface area contributed by atoms with E-state index in [2.05, 4.69) is 15.6 Å². The molecular formula is C17H28BN3O4. The minimum atomic E-state index is -0.971. The predicted molar refractivity (Wildman–Crippen MR) is 98.0 cm³/mol. The Hall–Kier alpha value is -1.64. The van der Waals surface area contributed by atoms with E-state index in [0.717, 1.165) is 11.0 Å². The van der Waals surface area contributed by atoms with Crippen molar-refractivity contribution in [3.05, 3.63) is 17.8 Å². The van der Waals surface area contributed by atoms with Gasteiger partial charge < -0.3 is 19.7 Å². The molecule has 2 amide bonds. The maximum absolute atomic E-state index is 11.9. The monoisotopic (exact) mass is 349 g/mol. The van der Waals surface area contributed by atoms with Crippen molar-refractivity contribution in [2.75, 3.05) is 11.9 Å². The van der Waals surface area contributed by atoms with Crippen LogP contribution in [0.3, 0.4) is 0 Å². The lowest BCUT2D eigenvalue weighted by molar-refractivity contribution is 0.00578. The number of amides is 2. The lowest BCUT2D eigenvalue weighted by Gasteiger charge is -2.32. The summed E-state index contributed by atoms with van der Waals surface area (Å²) in [6, 6.07) is 1.35. The zero-order chi connectivity index (χ0) is 19.0. The van der Waals surface area contributed by atoms with Crippen LogP contribution in [0, 0.1) is 6.92 Å². The first-order valence-corrected chi connectivity index (χ1v) is 8.40. The standard InChI is InChI=1S/C17H28BN3O4/c1-11-8-13(21-14(22)20-10-15(2,3)23)19-9-12(11)18-24-16(4,5)17(6,7)25-18/h8-9,23H,10H2,1-7H3,(H2,19,20,21,22). The molecule has 2 heterocycles. The largest absolute Gasteiger partial charge is 0.496 e. The molecule has 0 saturated carbocycles. The van der Waals surface area contributed by atoms with Gasteiger partial charge in [-0.1, -0.05) is 0 Å². The molecule has 2 rings (SSSR count). The number of rotatable bonds is 4. The number of anilines is 1. The summed E-state index contributed by atoms with van der Waals surface area (Å²) in [5.74, 6) is 0.422. The van der Waals surface area contributed by atoms with Crippen molar-refractivity contribution in [3.63, 3.8) is 0 Å². The minimum absolute atomic E-state index is 0.143. The van der Waals surface area contributed by atoms with E-state index in [1.165, 1.54) is 0 Å². The molecule has 0 atom stereocenters. The first kappa shape index (κ1) is 19.7. The molecule has 25 heavy (non-hydrogen) atoms. The molecule has 0 unspecified atom stereocenters. The molecule has 1 aromatic rings. The normalized spacial score (nSPS) is 19.0. The maximum atomic E-state index is 11.9. The van der Waals surface area contributed by atoms with Crippen LogP contribution in [-0.4, -0.2) is 46.6 Å². The summed E-state index contributed by atoms with van der Waals surface area (Å²) < 4.78 is 12.1. The number of carbonyl (C=O) groups excluding carboxylic acids is 1. The third kappa shape index (κ3) is 4.71. The fraction of sp³-hybridized carbons (Fsp3) is 0.647. The van der Waals surface area contributed by atoms with Gasteiger partial charge in [0.15, 0.2) is 0 Å². The number of urea groups is 1. The van der Waals surface area contributed by atoms with Gasteiger partial charge >= 0.3 is 13.1 Å². The van der Waals surface area contributed by atoms with E-state index in [1.807, 2.05) is 34.6 Å². The number of hydrogen-bond acceptors (Lipinski definition) is 5. The number of nitrogens with one attached hydrogen (secondary N) is 2. The molecule has 0 radical (unpaired) electrons. The maximum Gasteiger partial charge on any atom is 0.496 e. The number of aryl methyl sites for hydroxylation is 1. The second kappa shape index (κ2) is 6.59. The Morgan fingerprint density at radius 3 is 2.32 bits per heavy atom. The summed E-state index contributed by atoms with van der Waals surface area (Å²) in [5.41, 5.74) is -0.0653. The molecule has 0 bridgehead atoms. The number of hydrogen-bond donors (Lipinski definition) is 3. The molecule has 0 spiro atoms. The van der Waals surface area contributed by atoms with Crippen molar-refractivity contribution in [1.82, 2.24) is 10.3 Å². The quantitative estimate of drug-likeness (QED) is 0.718.